The molecule has 0 saturated carbocycles. The number of fused-ring (bicyclic) bond motifs is 2. The van der Waals surface area contributed by atoms with Crippen LogP contribution >= 0.6 is 0 Å². The molecule has 0 spiro atoms. The lowest BCUT2D eigenvalue weighted by atomic mass is 9.83. The highest BCUT2D eigenvalue weighted by atomic mass is 19.2. The summed E-state index contributed by atoms with van der Waals surface area (Å²) in [6.45, 7) is 3.20. The van der Waals surface area contributed by atoms with Gasteiger partial charge in [-0.3, -0.25) is 9.58 Å². The van der Waals surface area contributed by atoms with E-state index in [1.165, 1.54) is 0 Å². The molecule has 4 rings (SSSR count). The number of aromatic nitrogens is 2. The normalized spacial score (nSPS) is 23.3. The number of rotatable bonds is 2. The number of hydrogen-bond donors (Lipinski definition) is 0. The zero-order valence-electron chi connectivity index (χ0n) is 13.1. The SMILES string of the molecule is CCC1c2nn(C)c(-c3cc(F)c(F)c(F)c3)c2C[C@H]2CCN12. The van der Waals surface area contributed by atoms with E-state index in [-0.39, 0.29) is 6.04 Å². The van der Waals surface area contributed by atoms with Gasteiger partial charge in [-0.15, -0.1) is 0 Å². The molecule has 0 aliphatic carbocycles. The van der Waals surface area contributed by atoms with E-state index in [0.29, 0.717) is 17.3 Å². The van der Waals surface area contributed by atoms with Gasteiger partial charge in [-0.25, -0.2) is 13.2 Å². The van der Waals surface area contributed by atoms with E-state index in [1.807, 2.05) is 0 Å². The van der Waals surface area contributed by atoms with Gasteiger partial charge in [-0.2, -0.15) is 5.10 Å². The Morgan fingerprint density at radius 2 is 1.91 bits per heavy atom. The third kappa shape index (κ3) is 2.04. The summed E-state index contributed by atoms with van der Waals surface area (Å²) in [5.41, 5.74) is 3.08. The molecular weight excluding hydrogens is 303 g/mol. The lowest BCUT2D eigenvalue weighted by Crippen LogP contribution is -2.53. The first-order valence-electron chi connectivity index (χ1n) is 7.97. The second-order valence-corrected chi connectivity index (χ2v) is 6.40. The molecule has 2 aliphatic heterocycles. The molecule has 1 aromatic carbocycles. The van der Waals surface area contributed by atoms with E-state index >= 15 is 0 Å². The van der Waals surface area contributed by atoms with E-state index < -0.39 is 17.5 Å². The van der Waals surface area contributed by atoms with Gasteiger partial charge >= 0.3 is 0 Å². The van der Waals surface area contributed by atoms with Gasteiger partial charge in [0.25, 0.3) is 0 Å². The van der Waals surface area contributed by atoms with Crippen LogP contribution < -0.4 is 0 Å². The third-order valence-corrected chi connectivity index (χ3v) is 5.17. The van der Waals surface area contributed by atoms with Crippen molar-refractivity contribution >= 4 is 0 Å². The molecule has 2 aliphatic rings. The Labute approximate surface area is 132 Å². The summed E-state index contributed by atoms with van der Waals surface area (Å²) in [6.07, 6.45) is 2.91. The fourth-order valence-electron chi connectivity index (χ4n) is 4.02. The Balaban J connectivity index is 1.88. The van der Waals surface area contributed by atoms with Crippen molar-refractivity contribution in [1.29, 1.82) is 0 Å². The standard InChI is InChI=1S/C17H18F3N3/c1-3-14-16-11(8-10-4-5-23(10)14)17(22(2)21-16)9-6-12(18)15(20)13(19)7-9/h6-7,10,14H,3-5,8H2,1-2H3/t10-,14?/m1/s1. The topological polar surface area (TPSA) is 21.1 Å². The van der Waals surface area contributed by atoms with Crippen LogP contribution in [0.1, 0.15) is 37.1 Å². The maximum atomic E-state index is 13.6. The molecular formula is C17H18F3N3. The molecule has 0 radical (unpaired) electrons. The van der Waals surface area contributed by atoms with E-state index in [1.54, 1.807) is 11.7 Å². The maximum absolute atomic E-state index is 13.6. The first-order chi connectivity index (χ1) is 11.0. The van der Waals surface area contributed by atoms with Crippen molar-refractivity contribution in [3.63, 3.8) is 0 Å². The van der Waals surface area contributed by atoms with Crippen LogP contribution in [0.25, 0.3) is 11.3 Å². The molecule has 3 heterocycles. The highest BCUT2D eigenvalue weighted by molar-refractivity contribution is 5.66. The van der Waals surface area contributed by atoms with Gasteiger partial charge in [0, 0.05) is 30.8 Å². The fraction of sp³-hybridized carbons (Fsp3) is 0.471. The van der Waals surface area contributed by atoms with Crippen LogP contribution in [0.4, 0.5) is 13.2 Å². The highest BCUT2D eigenvalue weighted by Crippen LogP contribution is 2.43. The molecule has 23 heavy (non-hydrogen) atoms. The minimum atomic E-state index is -1.43. The Morgan fingerprint density at radius 3 is 2.48 bits per heavy atom. The first-order valence-corrected chi connectivity index (χ1v) is 7.97. The number of halogens is 3. The average Bonchev–Trinajstić information content (AvgIpc) is 2.82. The molecule has 2 aromatic rings. The van der Waals surface area contributed by atoms with Crippen LogP contribution in [0.2, 0.25) is 0 Å². The van der Waals surface area contributed by atoms with Gasteiger partial charge in [0.15, 0.2) is 17.5 Å². The van der Waals surface area contributed by atoms with Crippen molar-refractivity contribution < 1.29 is 13.2 Å². The van der Waals surface area contributed by atoms with Gasteiger partial charge in [-0.05, 0) is 31.4 Å². The van der Waals surface area contributed by atoms with Crippen molar-refractivity contribution in [3.8, 4) is 11.3 Å². The Hall–Kier alpha value is -1.82. The van der Waals surface area contributed by atoms with Crippen LogP contribution in [0.15, 0.2) is 12.1 Å². The monoisotopic (exact) mass is 321 g/mol. The smallest absolute Gasteiger partial charge is 0.194 e. The molecule has 0 bridgehead atoms. The Morgan fingerprint density at radius 1 is 1.22 bits per heavy atom. The average molecular weight is 321 g/mol. The van der Waals surface area contributed by atoms with Gasteiger partial charge in [0.2, 0.25) is 0 Å². The summed E-state index contributed by atoms with van der Waals surface area (Å²) >= 11 is 0. The molecule has 6 heteroatoms. The van der Waals surface area contributed by atoms with Gasteiger partial charge in [0.1, 0.15) is 0 Å². The second kappa shape index (κ2) is 5.09. The molecule has 1 saturated heterocycles. The van der Waals surface area contributed by atoms with Crippen LogP contribution in [-0.4, -0.2) is 27.3 Å². The predicted molar refractivity (Wildman–Crippen MR) is 80.4 cm³/mol. The van der Waals surface area contributed by atoms with Gasteiger partial charge in [0.05, 0.1) is 17.4 Å². The molecule has 1 fully saturated rings. The molecule has 3 nitrogen and oxygen atoms in total. The van der Waals surface area contributed by atoms with Crippen molar-refractivity contribution in [2.75, 3.05) is 6.54 Å². The summed E-state index contributed by atoms with van der Waals surface area (Å²) in [5.74, 6) is -3.76. The number of aryl methyl sites for hydroxylation is 1. The maximum Gasteiger partial charge on any atom is 0.194 e. The van der Waals surface area contributed by atoms with Crippen molar-refractivity contribution in [2.24, 2.45) is 7.05 Å². The van der Waals surface area contributed by atoms with Gasteiger partial charge in [-0.1, -0.05) is 6.92 Å². The van der Waals surface area contributed by atoms with E-state index in [9.17, 15) is 13.2 Å². The van der Waals surface area contributed by atoms with Crippen molar-refractivity contribution in [3.05, 3.63) is 40.8 Å². The van der Waals surface area contributed by atoms with Crippen LogP contribution in [0.5, 0.6) is 0 Å². The first kappa shape index (κ1) is 14.8. The molecule has 1 unspecified atom stereocenters. The summed E-state index contributed by atoms with van der Waals surface area (Å²) in [6, 6.07) is 2.85. The largest absolute Gasteiger partial charge is 0.291 e. The number of benzene rings is 1. The number of hydrogen-bond acceptors (Lipinski definition) is 2. The highest BCUT2D eigenvalue weighted by Gasteiger charge is 2.42. The minimum absolute atomic E-state index is 0.257. The molecule has 0 N–H and O–H groups in total. The third-order valence-electron chi connectivity index (χ3n) is 5.17. The molecule has 1 aromatic heterocycles. The van der Waals surface area contributed by atoms with Crippen LogP contribution in [0.3, 0.4) is 0 Å². The molecule has 2 atom stereocenters. The zero-order chi connectivity index (χ0) is 16.3. The molecule has 0 amide bonds. The Kier molecular flexibility index (Phi) is 3.27. The zero-order valence-corrected chi connectivity index (χ0v) is 13.1. The van der Waals surface area contributed by atoms with E-state index in [2.05, 4.69) is 16.9 Å². The quantitative estimate of drug-likeness (QED) is 0.788. The van der Waals surface area contributed by atoms with Crippen LogP contribution in [-0.2, 0) is 13.5 Å². The summed E-state index contributed by atoms with van der Waals surface area (Å²) in [4.78, 5) is 2.45. The summed E-state index contributed by atoms with van der Waals surface area (Å²) < 4.78 is 42.2. The summed E-state index contributed by atoms with van der Waals surface area (Å²) in [7, 11) is 1.77. The van der Waals surface area contributed by atoms with Gasteiger partial charge < -0.3 is 0 Å². The van der Waals surface area contributed by atoms with Crippen LogP contribution in [0, 0.1) is 17.5 Å². The van der Waals surface area contributed by atoms with Crippen molar-refractivity contribution in [1.82, 2.24) is 14.7 Å². The van der Waals surface area contributed by atoms with E-state index in [0.717, 1.165) is 49.2 Å². The van der Waals surface area contributed by atoms with E-state index in [4.69, 9.17) is 0 Å². The predicted octanol–water partition coefficient (Wildman–Crippen LogP) is 3.59. The lowest BCUT2D eigenvalue weighted by Gasteiger charge is -2.49. The summed E-state index contributed by atoms with van der Waals surface area (Å²) in [5, 5.41) is 4.62. The molecule has 122 valence electrons. The Bertz CT molecular complexity index is 761. The number of nitrogens with zero attached hydrogens (tertiary/aromatic N) is 3. The van der Waals surface area contributed by atoms with Crippen molar-refractivity contribution in [2.45, 2.75) is 38.3 Å². The fourth-order valence-corrected chi connectivity index (χ4v) is 4.02. The lowest BCUT2D eigenvalue weighted by molar-refractivity contribution is 0.0246. The second-order valence-electron chi connectivity index (χ2n) is 6.40. The minimum Gasteiger partial charge on any atom is -0.291 e.